The second-order valence-electron chi connectivity index (χ2n) is 4.85. The summed E-state index contributed by atoms with van der Waals surface area (Å²) in [7, 11) is 0. The van der Waals surface area contributed by atoms with E-state index in [1.165, 1.54) is 18.2 Å². The Labute approximate surface area is 141 Å². The van der Waals surface area contributed by atoms with Crippen LogP contribution in [0.4, 0.5) is 4.39 Å². The third kappa shape index (κ3) is 3.63. The van der Waals surface area contributed by atoms with Crippen LogP contribution in [0.25, 0.3) is 10.6 Å². The first kappa shape index (κ1) is 15.8. The van der Waals surface area contributed by atoms with Crippen LogP contribution in [0.15, 0.2) is 53.1 Å². The molecule has 3 nitrogen and oxygen atoms in total. The highest BCUT2D eigenvalue weighted by Crippen LogP contribution is 2.28. The van der Waals surface area contributed by atoms with Gasteiger partial charge < -0.3 is 9.73 Å². The zero-order valence-electron chi connectivity index (χ0n) is 12.0. The topological polar surface area (TPSA) is 42.2 Å². The Bertz CT molecular complexity index is 794. The van der Waals surface area contributed by atoms with Gasteiger partial charge in [0.2, 0.25) is 0 Å². The number of carbonyl (C=O) groups is 1. The molecular weight excluding hydrogens is 337 g/mol. The molecule has 1 amide bonds. The molecule has 0 radical (unpaired) electrons. The first-order valence-corrected chi connectivity index (χ1v) is 8.19. The van der Waals surface area contributed by atoms with Gasteiger partial charge in [-0.1, -0.05) is 17.7 Å². The van der Waals surface area contributed by atoms with Gasteiger partial charge in [0, 0.05) is 11.4 Å². The van der Waals surface area contributed by atoms with Crippen molar-refractivity contribution in [2.24, 2.45) is 0 Å². The lowest BCUT2D eigenvalue weighted by Gasteiger charge is -2.07. The summed E-state index contributed by atoms with van der Waals surface area (Å²) in [5.74, 6) is -0.300. The first-order chi connectivity index (χ1) is 11.1. The summed E-state index contributed by atoms with van der Waals surface area (Å²) in [5.41, 5.74) is -0.114. The van der Waals surface area contributed by atoms with Crippen LogP contribution < -0.4 is 5.32 Å². The molecule has 0 aliphatic carbocycles. The molecule has 0 atom stereocenters. The third-order valence-electron chi connectivity index (χ3n) is 3.27. The molecule has 1 aromatic carbocycles. The van der Waals surface area contributed by atoms with E-state index in [0.717, 1.165) is 15.5 Å². The molecule has 1 N–H and O–H groups in total. The third-order valence-corrected chi connectivity index (χ3v) is 4.75. The monoisotopic (exact) mass is 349 g/mol. The molecule has 6 heteroatoms. The van der Waals surface area contributed by atoms with E-state index in [0.29, 0.717) is 13.0 Å². The molecule has 0 aliphatic rings. The van der Waals surface area contributed by atoms with Crippen LogP contribution in [-0.4, -0.2) is 12.5 Å². The predicted octanol–water partition coefficient (Wildman–Crippen LogP) is 4.77. The summed E-state index contributed by atoms with van der Waals surface area (Å²) in [5, 5.41) is 2.80. The minimum Gasteiger partial charge on any atom is -0.464 e. The number of carbonyl (C=O) groups excluding carboxylic acids is 1. The van der Waals surface area contributed by atoms with Crippen molar-refractivity contribution in [3.05, 3.63) is 70.0 Å². The molecule has 0 bridgehead atoms. The fourth-order valence-electron chi connectivity index (χ4n) is 2.17. The Morgan fingerprint density at radius 1 is 1.22 bits per heavy atom. The zero-order valence-corrected chi connectivity index (χ0v) is 13.6. The van der Waals surface area contributed by atoms with E-state index >= 15 is 0 Å². The van der Waals surface area contributed by atoms with E-state index in [1.807, 2.05) is 24.3 Å². The van der Waals surface area contributed by atoms with Crippen LogP contribution in [0.1, 0.15) is 15.2 Å². The number of thiophene rings is 1. The molecular formula is C17H13ClFNO2S. The Balaban J connectivity index is 1.58. The maximum Gasteiger partial charge on any atom is 0.255 e. The molecule has 2 aromatic heterocycles. The molecule has 2 heterocycles. The van der Waals surface area contributed by atoms with E-state index in [-0.39, 0.29) is 10.6 Å². The van der Waals surface area contributed by atoms with E-state index in [4.69, 9.17) is 16.0 Å². The maximum absolute atomic E-state index is 13.7. The van der Waals surface area contributed by atoms with E-state index in [9.17, 15) is 9.18 Å². The van der Waals surface area contributed by atoms with Crippen molar-refractivity contribution in [2.75, 3.05) is 6.54 Å². The summed E-state index contributed by atoms with van der Waals surface area (Å²) in [4.78, 5) is 14.2. The van der Waals surface area contributed by atoms with Gasteiger partial charge >= 0.3 is 0 Å². The SMILES string of the molecule is O=C(NCCc1ccc(-c2ccco2)s1)c1c(F)cccc1Cl. The van der Waals surface area contributed by atoms with Gasteiger partial charge in [-0.2, -0.15) is 0 Å². The summed E-state index contributed by atoms with van der Waals surface area (Å²) in [6.07, 6.45) is 2.29. The van der Waals surface area contributed by atoms with E-state index in [1.54, 1.807) is 17.6 Å². The number of halogens is 2. The fourth-order valence-corrected chi connectivity index (χ4v) is 3.39. The van der Waals surface area contributed by atoms with Crippen molar-refractivity contribution < 1.29 is 13.6 Å². The van der Waals surface area contributed by atoms with E-state index < -0.39 is 11.7 Å². The number of furan rings is 1. The van der Waals surface area contributed by atoms with Gasteiger partial charge in [-0.25, -0.2) is 4.39 Å². The smallest absolute Gasteiger partial charge is 0.255 e. The van der Waals surface area contributed by atoms with Gasteiger partial charge in [0.1, 0.15) is 11.6 Å². The quantitative estimate of drug-likeness (QED) is 0.720. The highest BCUT2D eigenvalue weighted by molar-refractivity contribution is 7.15. The van der Waals surface area contributed by atoms with Crippen molar-refractivity contribution in [1.82, 2.24) is 5.32 Å². The number of nitrogens with one attached hydrogen (secondary N) is 1. The molecule has 0 unspecified atom stereocenters. The minimum absolute atomic E-state index is 0.110. The molecule has 0 saturated heterocycles. The number of hydrogen-bond acceptors (Lipinski definition) is 3. The highest BCUT2D eigenvalue weighted by Gasteiger charge is 2.15. The summed E-state index contributed by atoms with van der Waals surface area (Å²) < 4.78 is 19.0. The van der Waals surface area contributed by atoms with Crippen molar-refractivity contribution in [3.8, 4) is 10.6 Å². The molecule has 0 spiro atoms. The second-order valence-corrected chi connectivity index (χ2v) is 6.42. The standard InChI is InChI=1S/C17H13ClFNO2S/c18-12-3-1-4-13(19)16(12)17(21)20-9-8-11-6-7-15(23-11)14-5-2-10-22-14/h1-7,10H,8-9H2,(H,20,21). The maximum atomic E-state index is 13.7. The molecule has 3 rings (SSSR count). The van der Waals surface area contributed by atoms with Gasteiger partial charge in [0.05, 0.1) is 21.7 Å². The summed E-state index contributed by atoms with van der Waals surface area (Å²) in [6.45, 7) is 0.404. The molecule has 0 fully saturated rings. The van der Waals surface area contributed by atoms with Crippen LogP contribution >= 0.6 is 22.9 Å². The first-order valence-electron chi connectivity index (χ1n) is 7.00. The average Bonchev–Trinajstić information content (AvgIpc) is 3.18. The van der Waals surface area contributed by atoms with Crippen molar-refractivity contribution >= 4 is 28.8 Å². The average molecular weight is 350 g/mol. The van der Waals surface area contributed by atoms with Crippen molar-refractivity contribution in [1.29, 1.82) is 0 Å². The van der Waals surface area contributed by atoms with Crippen LogP contribution in [-0.2, 0) is 6.42 Å². The van der Waals surface area contributed by atoms with Crippen LogP contribution in [0.5, 0.6) is 0 Å². The van der Waals surface area contributed by atoms with Crippen LogP contribution in [0.3, 0.4) is 0 Å². The number of benzene rings is 1. The predicted molar refractivity (Wildman–Crippen MR) is 89.5 cm³/mol. The van der Waals surface area contributed by atoms with Crippen LogP contribution in [0.2, 0.25) is 5.02 Å². The summed E-state index contributed by atoms with van der Waals surface area (Å²) in [6, 6.07) is 11.9. The van der Waals surface area contributed by atoms with Crippen LogP contribution in [0, 0.1) is 5.82 Å². The van der Waals surface area contributed by atoms with Gasteiger partial charge in [0.15, 0.2) is 0 Å². The zero-order chi connectivity index (χ0) is 16.2. The lowest BCUT2D eigenvalue weighted by molar-refractivity contribution is 0.0950. The van der Waals surface area contributed by atoms with Crippen molar-refractivity contribution in [3.63, 3.8) is 0 Å². The summed E-state index contributed by atoms with van der Waals surface area (Å²) >= 11 is 7.47. The number of rotatable bonds is 5. The number of hydrogen-bond donors (Lipinski definition) is 1. The van der Waals surface area contributed by atoms with Gasteiger partial charge in [0.25, 0.3) is 5.91 Å². The minimum atomic E-state index is -0.619. The highest BCUT2D eigenvalue weighted by atomic mass is 35.5. The molecule has 23 heavy (non-hydrogen) atoms. The van der Waals surface area contributed by atoms with Gasteiger partial charge in [-0.3, -0.25) is 4.79 Å². The molecule has 3 aromatic rings. The Hall–Kier alpha value is -2.11. The lowest BCUT2D eigenvalue weighted by Crippen LogP contribution is -2.26. The van der Waals surface area contributed by atoms with Crippen molar-refractivity contribution in [2.45, 2.75) is 6.42 Å². The Morgan fingerprint density at radius 2 is 2.09 bits per heavy atom. The Morgan fingerprint density at radius 3 is 2.83 bits per heavy atom. The normalized spacial score (nSPS) is 10.7. The number of amides is 1. The van der Waals surface area contributed by atoms with E-state index in [2.05, 4.69) is 5.32 Å². The Kier molecular flexibility index (Phi) is 4.79. The molecule has 0 saturated carbocycles. The lowest BCUT2D eigenvalue weighted by atomic mass is 10.2. The molecule has 0 aliphatic heterocycles. The van der Waals surface area contributed by atoms with Gasteiger partial charge in [-0.15, -0.1) is 11.3 Å². The van der Waals surface area contributed by atoms with Gasteiger partial charge in [-0.05, 0) is 42.8 Å². The second kappa shape index (κ2) is 6.98. The fraction of sp³-hybridized carbons (Fsp3) is 0.118. The molecule has 118 valence electrons. The largest absolute Gasteiger partial charge is 0.464 e.